The van der Waals surface area contributed by atoms with Crippen LogP contribution in [0.15, 0.2) is 42.5 Å². The van der Waals surface area contributed by atoms with Crippen LogP contribution < -0.4 is 14.8 Å². The van der Waals surface area contributed by atoms with Crippen molar-refractivity contribution < 1.29 is 33.1 Å². The van der Waals surface area contributed by atoms with Crippen LogP contribution in [0, 0.1) is 15.9 Å². The number of amides is 1. The van der Waals surface area contributed by atoms with Gasteiger partial charge in [0.25, 0.3) is 11.6 Å². The van der Waals surface area contributed by atoms with Gasteiger partial charge in [0.05, 0.1) is 11.0 Å². The number of hydrogen-bond donors (Lipinski definition) is 1. The van der Waals surface area contributed by atoms with Gasteiger partial charge in [0.2, 0.25) is 6.10 Å². The van der Waals surface area contributed by atoms with E-state index in [1.54, 1.807) is 24.3 Å². The number of hydrogen-bond acceptors (Lipinski definition) is 7. The normalized spacial score (nSPS) is 14.9. The van der Waals surface area contributed by atoms with Crippen LogP contribution >= 0.6 is 0 Å². The van der Waals surface area contributed by atoms with E-state index in [4.69, 9.17) is 14.2 Å². The Hall–Kier alpha value is -3.69. The predicted molar refractivity (Wildman–Crippen MR) is 89.0 cm³/mol. The lowest BCUT2D eigenvalue weighted by Gasteiger charge is -2.24. The first-order chi connectivity index (χ1) is 12.9. The summed E-state index contributed by atoms with van der Waals surface area (Å²) in [5.74, 6) is -1.61. The van der Waals surface area contributed by atoms with Gasteiger partial charge in [-0.3, -0.25) is 14.9 Å². The number of ether oxygens (including phenoxy) is 3. The second-order valence-electron chi connectivity index (χ2n) is 5.44. The fourth-order valence-corrected chi connectivity index (χ4v) is 2.31. The van der Waals surface area contributed by atoms with Gasteiger partial charge in [-0.1, -0.05) is 12.1 Å². The van der Waals surface area contributed by atoms with E-state index in [2.05, 4.69) is 5.32 Å². The maximum atomic E-state index is 13.1. The van der Waals surface area contributed by atoms with Gasteiger partial charge >= 0.3 is 5.97 Å². The Labute approximate surface area is 151 Å². The van der Waals surface area contributed by atoms with Crippen molar-refractivity contribution in [3.05, 3.63) is 58.4 Å². The van der Waals surface area contributed by atoms with Gasteiger partial charge in [0, 0.05) is 0 Å². The lowest BCUT2D eigenvalue weighted by atomic mass is 10.2. The standard InChI is InChI=1S/C17H13FN2O7/c18-10-5-6-11(12(7-10)20(23)24)19-16(21)9-26-17(22)15-8-25-13-3-1-2-4-14(13)27-15/h1-7,15H,8-9H2,(H,19,21)/t15-/m1/s1. The summed E-state index contributed by atoms with van der Waals surface area (Å²) in [6.07, 6.45) is -1.05. The number of halogens is 1. The molecule has 0 unspecified atom stereocenters. The molecular formula is C17H13FN2O7. The lowest BCUT2D eigenvalue weighted by Crippen LogP contribution is -2.39. The molecule has 140 valence electrons. The molecule has 3 rings (SSSR count). The smallest absolute Gasteiger partial charge is 0.351 e. The maximum Gasteiger partial charge on any atom is 0.351 e. The molecule has 1 atom stereocenters. The molecule has 0 spiro atoms. The van der Waals surface area contributed by atoms with Crippen molar-refractivity contribution in [2.24, 2.45) is 0 Å². The van der Waals surface area contributed by atoms with Crippen LogP contribution in [0.5, 0.6) is 11.5 Å². The number of para-hydroxylation sites is 2. The first-order valence-electron chi connectivity index (χ1n) is 7.73. The van der Waals surface area contributed by atoms with Crippen LogP contribution in [0.2, 0.25) is 0 Å². The Bertz CT molecular complexity index is 903. The largest absolute Gasteiger partial charge is 0.485 e. The van der Waals surface area contributed by atoms with Gasteiger partial charge in [0.1, 0.15) is 18.1 Å². The second kappa shape index (κ2) is 7.68. The summed E-state index contributed by atoms with van der Waals surface area (Å²) < 4.78 is 28.8. The molecule has 1 aliphatic heterocycles. The SMILES string of the molecule is O=C(COC(=O)[C@H]1COc2ccccc2O1)Nc1ccc(F)cc1[N+](=O)[O-]. The van der Waals surface area contributed by atoms with E-state index in [1.807, 2.05) is 0 Å². The van der Waals surface area contributed by atoms with Gasteiger partial charge in [-0.15, -0.1) is 0 Å². The number of carbonyl (C=O) groups is 2. The highest BCUT2D eigenvalue weighted by Crippen LogP contribution is 2.31. The topological polar surface area (TPSA) is 117 Å². The van der Waals surface area contributed by atoms with Gasteiger partial charge in [-0.25, -0.2) is 9.18 Å². The first-order valence-corrected chi connectivity index (χ1v) is 7.73. The number of fused-ring (bicyclic) bond motifs is 1. The molecule has 2 aromatic carbocycles. The molecule has 2 aromatic rings. The van der Waals surface area contributed by atoms with E-state index < -0.39 is 41.0 Å². The Balaban J connectivity index is 1.56. The molecule has 0 saturated heterocycles. The fraction of sp³-hybridized carbons (Fsp3) is 0.176. The van der Waals surface area contributed by atoms with Crippen molar-refractivity contribution >= 4 is 23.3 Å². The van der Waals surface area contributed by atoms with Crippen LogP contribution in [-0.4, -0.2) is 36.1 Å². The summed E-state index contributed by atoms with van der Waals surface area (Å²) >= 11 is 0. The van der Waals surface area contributed by atoms with Crippen molar-refractivity contribution in [1.82, 2.24) is 0 Å². The van der Waals surface area contributed by atoms with Gasteiger partial charge in [-0.2, -0.15) is 0 Å². The second-order valence-corrected chi connectivity index (χ2v) is 5.44. The lowest BCUT2D eigenvalue weighted by molar-refractivity contribution is -0.384. The molecule has 0 fully saturated rings. The average Bonchev–Trinajstić information content (AvgIpc) is 2.67. The molecular weight excluding hydrogens is 363 g/mol. The number of anilines is 1. The van der Waals surface area contributed by atoms with Crippen LogP contribution in [0.1, 0.15) is 0 Å². The first kappa shape index (κ1) is 18.1. The van der Waals surface area contributed by atoms with E-state index in [-0.39, 0.29) is 12.3 Å². The third-order valence-corrected chi connectivity index (χ3v) is 3.55. The molecule has 1 aliphatic rings. The van der Waals surface area contributed by atoms with E-state index >= 15 is 0 Å². The number of nitrogens with zero attached hydrogens (tertiary/aromatic N) is 1. The molecule has 1 N–H and O–H groups in total. The van der Waals surface area contributed by atoms with Crippen molar-refractivity contribution in [1.29, 1.82) is 0 Å². The third kappa shape index (κ3) is 4.29. The summed E-state index contributed by atoms with van der Waals surface area (Å²) in [5, 5.41) is 13.1. The van der Waals surface area contributed by atoms with Crippen molar-refractivity contribution in [3.63, 3.8) is 0 Å². The Morgan fingerprint density at radius 3 is 2.74 bits per heavy atom. The van der Waals surface area contributed by atoms with E-state index in [0.717, 1.165) is 12.1 Å². The van der Waals surface area contributed by atoms with Gasteiger partial charge in [-0.05, 0) is 24.3 Å². The summed E-state index contributed by atoms with van der Waals surface area (Å²) in [5.41, 5.74) is -0.830. The Morgan fingerprint density at radius 1 is 1.26 bits per heavy atom. The number of rotatable bonds is 5. The number of nitrogens with one attached hydrogen (secondary N) is 1. The predicted octanol–water partition coefficient (Wildman–Crippen LogP) is 2.06. The summed E-state index contributed by atoms with van der Waals surface area (Å²) in [7, 11) is 0. The molecule has 10 heteroatoms. The fourth-order valence-electron chi connectivity index (χ4n) is 2.31. The van der Waals surface area contributed by atoms with Gasteiger partial charge in [0.15, 0.2) is 18.1 Å². The van der Waals surface area contributed by atoms with Crippen molar-refractivity contribution in [2.45, 2.75) is 6.10 Å². The van der Waals surface area contributed by atoms with Crippen LogP contribution in [0.25, 0.3) is 0 Å². The van der Waals surface area contributed by atoms with E-state index in [0.29, 0.717) is 17.6 Å². The molecule has 27 heavy (non-hydrogen) atoms. The highest BCUT2D eigenvalue weighted by molar-refractivity contribution is 5.95. The third-order valence-electron chi connectivity index (χ3n) is 3.55. The molecule has 0 aliphatic carbocycles. The maximum absolute atomic E-state index is 13.1. The molecule has 9 nitrogen and oxygen atoms in total. The highest BCUT2D eigenvalue weighted by atomic mass is 19.1. The molecule has 0 saturated carbocycles. The monoisotopic (exact) mass is 376 g/mol. The zero-order valence-electron chi connectivity index (χ0n) is 13.7. The minimum atomic E-state index is -1.05. The molecule has 0 aromatic heterocycles. The Kier molecular flexibility index (Phi) is 5.15. The van der Waals surface area contributed by atoms with Crippen LogP contribution in [-0.2, 0) is 14.3 Å². The minimum Gasteiger partial charge on any atom is -0.485 e. The number of nitro benzene ring substituents is 1. The number of esters is 1. The molecule has 1 amide bonds. The number of benzene rings is 2. The number of nitro groups is 1. The van der Waals surface area contributed by atoms with Crippen molar-refractivity contribution in [2.75, 3.05) is 18.5 Å². The van der Waals surface area contributed by atoms with E-state index in [9.17, 15) is 24.1 Å². The molecule has 1 heterocycles. The average molecular weight is 376 g/mol. The van der Waals surface area contributed by atoms with Crippen LogP contribution in [0.3, 0.4) is 0 Å². The van der Waals surface area contributed by atoms with Crippen LogP contribution in [0.4, 0.5) is 15.8 Å². The quantitative estimate of drug-likeness (QED) is 0.482. The number of carbonyl (C=O) groups excluding carboxylic acids is 2. The molecule has 0 bridgehead atoms. The van der Waals surface area contributed by atoms with Crippen molar-refractivity contribution in [3.8, 4) is 11.5 Å². The minimum absolute atomic E-state index is 0.0824. The summed E-state index contributed by atoms with van der Waals surface area (Å²) in [4.78, 5) is 34.0. The summed E-state index contributed by atoms with van der Waals surface area (Å²) in [6, 6.07) is 9.43. The summed E-state index contributed by atoms with van der Waals surface area (Å²) in [6.45, 7) is -0.782. The van der Waals surface area contributed by atoms with Gasteiger partial charge < -0.3 is 19.5 Å². The Morgan fingerprint density at radius 2 is 2.00 bits per heavy atom. The zero-order chi connectivity index (χ0) is 19.4. The van der Waals surface area contributed by atoms with E-state index in [1.165, 1.54) is 0 Å². The molecule has 0 radical (unpaired) electrons. The highest BCUT2D eigenvalue weighted by Gasteiger charge is 2.29. The zero-order valence-corrected chi connectivity index (χ0v) is 13.7.